The van der Waals surface area contributed by atoms with Crippen molar-refractivity contribution in [1.82, 2.24) is 5.01 Å². The Balaban J connectivity index is 3.56. The van der Waals surface area contributed by atoms with Crippen LogP contribution in [-0.4, -0.2) is 25.1 Å². The van der Waals surface area contributed by atoms with E-state index in [1.54, 1.807) is 14.0 Å². The highest BCUT2D eigenvalue weighted by Crippen LogP contribution is 1.85. The fourth-order valence-corrected chi connectivity index (χ4v) is 0.228. The van der Waals surface area contributed by atoms with Crippen molar-refractivity contribution in [3.63, 3.8) is 0 Å². The summed E-state index contributed by atoms with van der Waals surface area (Å²) >= 11 is 0. The zero-order valence-electron chi connectivity index (χ0n) is 5.76. The van der Waals surface area contributed by atoms with Crippen LogP contribution in [0.4, 0.5) is 4.39 Å². The van der Waals surface area contributed by atoms with Gasteiger partial charge in [0.25, 0.3) is 0 Å². The third-order valence-electron chi connectivity index (χ3n) is 0.648. The monoisotopic (exact) mass is 130 g/mol. The van der Waals surface area contributed by atoms with Crippen LogP contribution < -0.4 is 0 Å². The molecule has 0 amide bonds. The lowest BCUT2D eigenvalue weighted by Crippen LogP contribution is -2.08. The van der Waals surface area contributed by atoms with Crippen LogP contribution in [0.25, 0.3) is 0 Å². The van der Waals surface area contributed by atoms with Gasteiger partial charge in [-0.25, -0.2) is 4.39 Å². The maximum atomic E-state index is 11.6. The lowest BCUT2D eigenvalue weighted by atomic mass is 10.4. The van der Waals surface area contributed by atoms with E-state index in [9.17, 15) is 4.39 Å². The molecular weight excluding hydrogens is 119 g/mol. The number of hydrogen-bond donors (Lipinski definition) is 0. The van der Waals surface area contributed by atoms with E-state index in [2.05, 4.69) is 11.7 Å². The van der Waals surface area contributed by atoms with Gasteiger partial charge in [0, 0.05) is 13.3 Å². The van der Waals surface area contributed by atoms with Gasteiger partial charge in [-0.15, -0.1) is 0 Å². The van der Waals surface area contributed by atoms with Crippen molar-refractivity contribution in [2.75, 3.05) is 13.8 Å². The standard InChI is InChI=1S/C6H11FN2/c1-6(2)4-8-9(3)5-7/h4H,1,5H2,2-3H3/b8-4-. The van der Waals surface area contributed by atoms with Crippen LogP contribution in [0.3, 0.4) is 0 Å². The van der Waals surface area contributed by atoms with E-state index >= 15 is 0 Å². The quantitative estimate of drug-likeness (QED) is 0.320. The molecule has 0 aromatic heterocycles. The highest BCUT2D eigenvalue weighted by molar-refractivity contribution is 5.76. The number of alkyl halides is 1. The van der Waals surface area contributed by atoms with Crippen LogP contribution in [0.5, 0.6) is 0 Å². The van der Waals surface area contributed by atoms with Gasteiger partial charge in [0.1, 0.15) is 0 Å². The Kier molecular flexibility index (Phi) is 3.67. The molecule has 52 valence electrons. The molecule has 0 radical (unpaired) electrons. The second-order valence-electron chi connectivity index (χ2n) is 1.87. The highest BCUT2D eigenvalue weighted by Gasteiger charge is 1.84. The van der Waals surface area contributed by atoms with Crippen LogP contribution in [0.15, 0.2) is 17.3 Å². The molecule has 0 atom stereocenters. The van der Waals surface area contributed by atoms with E-state index in [-0.39, 0.29) is 0 Å². The molecule has 0 rings (SSSR count). The number of halogens is 1. The van der Waals surface area contributed by atoms with Crippen LogP contribution in [0, 0.1) is 0 Å². The second-order valence-corrected chi connectivity index (χ2v) is 1.87. The predicted molar refractivity (Wildman–Crippen MR) is 37.0 cm³/mol. The predicted octanol–water partition coefficient (Wildman–Crippen LogP) is 1.41. The minimum atomic E-state index is -0.566. The van der Waals surface area contributed by atoms with E-state index in [1.165, 1.54) is 11.2 Å². The van der Waals surface area contributed by atoms with Gasteiger partial charge in [-0.05, 0) is 12.5 Å². The largest absolute Gasteiger partial charge is 0.270 e. The first-order valence-corrected chi connectivity index (χ1v) is 2.63. The van der Waals surface area contributed by atoms with E-state index < -0.39 is 6.80 Å². The van der Waals surface area contributed by atoms with Gasteiger partial charge in [0.15, 0.2) is 6.80 Å². The van der Waals surface area contributed by atoms with E-state index in [4.69, 9.17) is 0 Å². The minimum Gasteiger partial charge on any atom is -0.270 e. The summed E-state index contributed by atoms with van der Waals surface area (Å²) in [5.41, 5.74) is 0.815. The topological polar surface area (TPSA) is 15.6 Å². The fraction of sp³-hybridized carbons (Fsp3) is 0.500. The van der Waals surface area contributed by atoms with E-state index in [0.717, 1.165) is 5.57 Å². The Bertz CT molecular complexity index is 120. The maximum absolute atomic E-state index is 11.6. The molecule has 0 unspecified atom stereocenters. The number of allylic oxidation sites excluding steroid dienone is 1. The lowest BCUT2D eigenvalue weighted by molar-refractivity contribution is 0.235. The second kappa shape index (κ2) is 4.06. The van der Waals surface area contributed by atoms with Crippen molar-refractivity contribution in [2.45, 2.75) is 6.92 Å². The molecule has 0 N–H and O–H groups in total. The first kappa shape index (κ1) is 8.14. The molecule has 0 aliphatic carbocycles. The molecule has 3 heteroatoms. The average Bonchev–Trinajstić information content (AvgIpc) is 1.83. The number of rotatable bonds is 3. The molecule has 0 bridgehead atoms. The molecule has 0 aliphatic rings. The zero-order valence-corrected chi connectivity index (χ0v) is 5.76. The van der Waals surface area contributed by atoms with Crippen LogP contribution in [0.2, 0.25) is 0 Å². The van der Waals surface area contributed by atoms with Crippen LogP contribution in [-0.2, 0) is 0 Å². The summed E-state index contributed by atoms with van der Waals surface area (Å²) in [6.45, 7) is 4.80. The molecule has 0 saturated heterocycles. The van der Waals surface area contributed by atoms with Crippen molar-refractivity contribution in [2.24, 2.45) is 5.10 Å². The average molecular weight is 130 g/mol. The van der Waals surface area contributed by atoms with Crippen molar-refractivity contribution in [3.05, 3.63) is 12.2 Å². The van der Waals surface area contributed by atoms with Crippen molar-refractivity contribution in [1.29, 1.82) is 0 Å². The molecule has 0 heterocycles. The van der Waals surface area contributed by atoms with Crippen molar-refractivity contribution >= 4 is 6.21 Å². The molecule has 0 aliphatic heterocycles. The SMILES string of the molecule is C=C(C)/C=N\N(C)CF. The van der Waals surface area contributed by atoms with E-state index in [0.29, 0.717) is 0 Å². The van der Waals surface area contributed by atoms with Crippen molar-refractivity contribution < 1.29 is 4.39 Å². The smallest absolute Gasteiger partial charge is 0.176 e. The molecule has 9 heavy (non-hydrogen) atoms. The van der Waals surface area contributed by atoms with Crippen molar-refractivity contribution in [3.8, 4) is 0 Å². The Morgan fingerprint density at radius 1 is 1.89 bits per heavy atom. The summed E-state index contributed by atoms with van der Waals surface area (Å²) in [4.78, 5) is 0. The summed E-state index contributed by atoms with van der Waals surface area (Å²) in [6, 6.07) is 0. The first-order chi connectivity index (χ1) is 4.16. The van der Waals surface area contributed by atoms with Gasteiger partial charge in [0.05, 0.1) is 0 Å². The van der Waals surface area contributed by atoms with Gasteiger partial charge in [0.2, 0.25) is 0 Å². The summed E-state index contributed by atoms with van der Waals surface area (Å²) in [6.07, 6.45) is 1.51. The third-order valence-corrected chi connectivity index (χ3v) is 0.648. The summed E-state index contributed by atoms with van der Waals surface area (Å²) < 4.78 is 11.6. The Morgan fingerprint density at radius 2 is 2.44 bits per heavy atom. The summed E-state index contributed by atoms with van der Waals surface area (Å²) in [7, 11) is 1.56. The molecule has 0 aromatic carbocycles. The molecule has 0 fully saturated rings. The zero-order chi connectivity index (χ0) is 7.28. The third kappa shape index (κ3) is 5.00. The Morgan fingerprint density at radius 3 is 2.78 bits per heavy atom. The van der Waals surface area contributed by atoms with Crippen LogP contribution >= 0.6 is 0 Å². The Hall–Kier alpha value is -0.860. The summed E-state index contributed by atoms with van der Waals surface area (Å²) in [5, 5.41) is 4.87. The molecule has 0 spiro atoms. The fourth-order valence-electron chi connectivity index (χ4n) is 0.228. The van der Waals surface area contributed by atoms with Gasteiger partial charge in [-0.2, -0.15) is 5.10 Å². The van der Waals surface area contributed by atoms with Gasteiger partial charge < -0.3 is 0 Å². The van der Waals surface area contributed by atoms with E-state index in [1.807, 2.05) is 0 Å². The maximum Gasteiger partial charge on any atom is 0.176 e. The molecule has 2 nitrogen and oxygen atoms in total. The first-order valence-electron chi connectivity index (χ1n) is 2.63. The van der Waals surface area contributed by atoms with Gasteiger partial charge in [-0.1, -0.05) is 6.58 Å². The number of hydrazone groups is 1. The summed E-state index contributed by atoms with van der Waals surface area (Å²) in [5.74, 6) is 0. The molecular formula is C6H11FN2. The van der Waals surface area contributed by atoms with Gasteiger partial charge in [-0.3, -0.25) is 5.01 Å². The van der Waals surface area contributed by atoms with Crippen LogP contribution in [0.1, 0.15) is 6.92 Å². The highest BCUT2D eigenvalue weighted by atomic mass is 19.1. The number of hydrogen-bond acceptors (Lipinski definition) is 2. The Labute approximate surface area is 54.7 Å². The molecule has 0 aromatic rings. The molecule has 0 saturated carbocycles. The normalized spacial score (nSPS) is 10.1. The van der Waals surface area contributed by atoms with Gasteiger partial charge >= 0.3 is 0 Å². The lowest BCUT2D eigenvalue weighted by Gasteiger charge is -2.04. The number of nitrogens with zero attached hydrogens (tertiary/aromatic N) is 2. The minimum absolute atomic E-state index is 0.566.